The molecule has 0 radical (unpaired) electrons. The molecule has 1 unspecified atom stereocenters. The van der Waals surface area contributed by atoms with Crippen LogP contribution in [0.2, 0.25) is 0 Å². The Kier molecular flexibility index (Phi) is 6.37. The Balaban J connectivity index is 0.00000225. The summed E-state index contributed by atoms with van der Waals surface area (Å²) in [6.07, 6.45) is 0. The first-order valence-electron chi connectivity index (χ1n) is 4.06. The van der Waals surface area contributed by atoms with Crippen LogP contribution in [-0.2, 0) is 11.1 Å². The summed E-state index contributed by atoms with van der Waals surface area (Å²) < 4.78 is 24.8. The van der Waals surface area contributed by atoms with Crippen LogP contribution < -0.4 is 28.7 Å². The summed E-state index contributed by atoms with van der Waals surface area (Å²) in [5.74, 6) is 0.0155. The Morgan fingerprint density at radius 2 is 2.19 bits per heavy atom. The van der Waals surface area contributed by atoms with E-state index in [2.05, 4.69) is 4.99 Å². The molecule has 0 aromatic heterocycles. The number of aliphatic imine (C=N–C) groups is 1. The van der Waals surface area contributed by atoms with E-state index in [1.54, 1.807) is 6.07 Å². The van der Waals surface area contributed by atoms with Crippen LogP contribution in [0.5, 0.6) is 5.75 Å². The van der Waals surface area contributed by atoms with Gasteiger partial charge in [0.15, 0.2) is 11.1 Å². The molecule has 0 aliphatic carbocycles. The third-order valence-corrected chi connectivity index (χ3v) is 2.34. The number of ether oxygens (including phenoxy) is 1. The summed E-state index contributed by atoms with van der Waals surface area (Å²) >= 11 is -2.19. The smallest absolute Gasteiger partial charge is 0.862 e. The number of benzene rings is 1. The van der Waals surface area contributed by atoms with Crippen molar-refractivity contribution in [2.75, 3.05) is 7.11 Å². The number of hydrogen-bond acceptors (Lipinski definition) is 4. The quantitative estimate of drug-likeness (QED) is 0.276. The van der Waals surface area contributed by atoms with E-state index in [0.29, 0.717) is 5.75 Å². The van der Waals surface area contributed by atoms with E-state index in [9.17, 15) is 9.32 Å². The van der Waals surface area contributed by atoms with Gasteiger partial charge in [-0.15, -0.1) is 0 Å². The number of rotatable bonds is 3. The molecule has 82 valence electrons. The average molecular weight is 235 g/mol. The Morgan fingerprint density at radius 1 is 1.56 bits per heavy atom. The molecule has 7 heteroatoms. The maximum Gasteiger partial charge on any atom is 1.00 e. The summed E-state index contributed by atoms with van der Waals surface area (Å²) in [5, 5.41) is 10.8. The minimum Gasteiger partial charge on any atom is -0.862 e. The summed E-state index contributed by atoms with van der Waals surface area (Å²) in [6, 6.07) is 4.40. The van der Waals surface area contributed by atoms with Gasteiger partial charge in [-0.25, -0.2) is 4.21 Å². The molecular weight excluding hydrogens is 225 g/mol. The van der Waals surface area contributed by atoms with Crippen LogP contribution in [0.25, 0.3) is 0 Å². The van der Waals surface area contributed by atoms with Crippen LogP contribution in [0, 0.1) is 0 Å². The van der Waals surface area contributed by atoms with Gasteiger partial charge in [-0.3, -0.25) is 4.99 Å². The zero-order chi connectivity index (χ0) is 11.4. The summed E-state index contributed by atoms with van der Waals surface area (Å²) in [4.78, 5) is 3.67. The normalized spacial score (nSPS) is 12.8. The topological polar surface area (TPSA) is 82.0 Å². The third-order valence-electron chi connectivity index (χ3n) is 1.63. The standard InChI is InChI=1S/C9H11NO4S.Li/c1-6(11)10-8-4-3-7(14-2)5-9(8)15(12)13;/h3-5H,1-2H3,(H,10,11)(H,12,13);/q;+1/p-1. The Bertz CT molecular complexity index is 418. The van der Waals surface area contributed by atoms with Crippen molar-refractivity contribution in [1.82, 2.24) is 0 Å². The number of methoxy groups -OCH3 is 1. The molecular formula is C9H10LiNO4S. The number of hydrogen-bond donors (Lipinski definition) is 1. The molecule has 0 aliphatic rings. The van der Waals surface area contributed by atoms with E-state index < -0.39 is 17.0 Å². The van der Waals surface area contributed by atoms with Gasteiger partial charge in [0.1, 0.15) is 5.75 Å². The van der Waals surface area contributed by atoms with Crippen LogP contribution in [0.4, 0.5) is 5.69 Å². The van der Waals surface area contributed by atoms with Gasteiger partial charge in [-0.1, -0.05) is 0 Å². The predicted octanol–water partition coefficient (Wildman–Crippen LogP) is -2.31. The van der Waals surface area contributed by atoms with Gasteiger partial charge in [0.2, 0.25) is 0 Å². The van der Waals surface area contributed by atoms with Crippen LogP contribution in [0.1, 0.15) is 6.92 Å². The fraction of sp³-hybridized carbons (Fsp3) is 0.222. The van der Waals surface area contributed by atoms with E-state index in [-0.39, 0.29) is 29.4 Å². The summed E-state index contributed by atoms with van der Waals surface area (Å²) in [7, 11) is 1.45. The monoisotopic (exact) mass is 235 g/mol. The third kappa shape index (κ3) is 3.98. The van der Waals surface area contributed by atoms with Crippen LogP contribution in [0.3, 0.4) is 0 Å². The first-order valence-corrected chi connectivity index (χ1v) is 5.16. The molecule has 0 saturated carbocycles. The molecule has 1 rings (SSSR count). The van der Waals surface area contributed by atoms with Gasteiger partial charge < -0.3 is 14.4 Å². The number of nitrogens with zero attached hydrogens (tertiary/aromatic N) is 1. The van der Waals surface area contributed by atoms with Crippen molar-refractivity contribution in [3.05, 3.63) is 18.2 Å². The van der Waals surface area contributed by atoms with E-state index in [1.807, 2.05) is 0 Å². The molecule has 1 N–H and O–H groups in total. The Hall–Kier alpha value is -0.803. The molecule has 1 atom stereocenters. The fourth-order valence-corrected chi connectivity index (χ4v) is 1.53. The van der Waals surface area contributed by atoms with E-state index in [0.717, 1.165) is 0 Å². The maximum absolute atomic E-state index is 11.0. The molecule has 0 spiro atoms. The van der Waals surface area contributed by atoms with Gasteiger partial charge in [0, 0.05) is 6.07 Å². The average Bonchev–Trinajstić information content (AvgIpc) is 2.17. The molecule has 0 aliphatic heterocycles. The molecule has 0 amide bonds. The Labute approximate surface area is 108 Å². The predicted molar refractivity (Wildman–Crippen MR) is 54.8 cm³/mol. The molecule has 16 heavy (non-hydrogen) atoms. The van der Waals surface area contributed by atoms with Crippen LogP contribution in [-0.4, -0.2) is 21.8 Å². The van der Waals surface area contributed by atoms with Gasteiger partial charge in [-0.05, 0) is 25.0 Å². The second kappa shape index (κ2) is 6.71. The first kappa shape index (κ1) is 15.2. The molecule has 0 bridgehead atoms. The largest absolute Gasteiger partial charge is 1.00 e. The van der Waals surface area contributed by atoms with E-state index in [4.69, 9.17) is 9.29 Å². The van der Waals surface area contributed by atoms with Crippen LogP contribution >= 0.6 is 0 Å². The van der Waals surface area contributed by atoms with Crippen molar-refractivity contribution in [1.29, 1.82) is 0 Å². The first-order chi connectivity index (χ1) is 7.04. The van der Waals surface area contributed by atoms with Crippen LogP contribution in [0.15, 0.2) is 28.1 Å². The second-order valence-electron chi connectivity index (χ2n) is 2.71. The summed E-state index contributed by atoms with van der Waals surface area (Å²) in [5.41, 5.74) is 0.184. The molecule has 0 heterocycles. The maximum atomic E-state index is 11.0. The zero-order valence-corrected chi connectivity index (χ0v) is 10.1. The van der Waals surface area contributed by atoms with Gasteiger partial charge >= 0.3 is 18.9 Å². The zero-order valence-electron chi connectivity index (χ0n) is 9.26. The van der Waals surface area contributed by atoms with Crippen molar-refractivity contribution < 1.29 is 37.5 Å². The fourth-order valence-electron chi connectivity index (χ4n) is 1.02. The van der Waals surface area contributed by atoms with E-state index in [1.165, 1.54) is 26.2 Å². The molecule has 1 aromatic carbocycles. The van der Waals surface area contributed by atoms with Crippen molar-refractivity contribution in [2.45, 2.75) is 11.8 Å². The second-order valence-corrected chi connectivity index (χ2v) is 3.65. The minimum absolute atomic E-state index is 0. The molecule has 0 saturated heterocycles. The van der Waals surface area contributed by atoms with Crippen molar-refractivity contribution in [3.8, 4) is 5.75 Å². The summed E-state index contributed by atoms with van der Waals surface area (Å²) in [6.45, 7) is 1.27. The Morgan fingerprint density at radius 3 is 2.62 bits per heavy atom. The van der Waals surface area contributed by atoms with E-state index >= 15 is 0 Å². The van der Waals surface area contributed by atoms with Crippen molar-refractivity contribution in [3.63, 3.8) is 0 Å². The molecule has 5 nitrogen and oxygen atoms in total. The molecule has 1 aromatic rings. The SMILES string of the molecule is COc1ccc(N=C(C)[O-])c(S(=O)O)c1.[Li+]. The van der Waals surface area contributed by atoms with Gasteiger partial charge in [-0.2, -0.15) is 0 Å². The van der Waals surface area contributed by atoms with Crippen molar-refractivity contribution >= 4 is 22.7 Å². The van der Waals surface area contributed by atoms with Gasteiger partial charge in [0.05, 0.1) is 17.7 Å². The minimum atomic E-state index is -2.19. The van der Waals surface area contributed by atoms with Crippen molar-refractivity contribution in [2.24, 2.45) is 4.99 Å². The van der Waals surface area contributed by atoms with Gasteiger partial charge in [0.25, 0.3) is 0 Å². The molecule has 0 fully saturated rings.